The van der Waals surface area contributed by atoms with Crippen molar-refractivity contribution >= 4 is 5.69 Å². The van der Waals surface area contributed by atoms with Crippen LogP contribution in [-0.4, -0.2) is 20.3 Å². The molecule has 0 radical (unpaired) electrons. The standard InChI is InChI=1S/C18H23NO2/c1-14-11-15(2)13-18(12-14)21-10-4-9-20-17-7-5-16(19-3)6-8-17/h5-8,11-13,19H,4,9-10H2,1-3H3. The van der Waals surface area contributed by atoms with Crippen LogP contribution < -0.4 is 14.8 Å². The summed E-state index contributed by atoms with van der Waals surface area (Å²) in [5, 5.41) is 3.08. The lowest BCUT2D eigenvalue weighted by Crippen LogP contribution is -2.05. The van der Waals surface area contributed by atoms with Gasteiger partial charge in [-0.25, -0.2) is 0 Å². The fourth-order valence-electron chi connectivity index (χ4n) is 2.17. The maximum absolute atomic E-state index is 5.75. The molecule has 0 aromatic heterocycles. The van der Waals surface area contributed by atoms with Crippen molar-refractivity contribution in [2.45, 2.75) is 20.3 Å². The van der Waals surface area contributed by atoms with Gasteiger partial charge >= 0.3 is 0 Å². The number of nitrogens with one attached hydrogen (secondary N) is 1. The monoisotopic (exact) mass is 285 g/mol. The van der Waals surface area contributed by atoms with Gasteiger partial charge in [0.15, 0.2) is 0 Å². The quantitative estimate of drug-likeness (QED) is 0.774. The first kappa shape index (κ1) is 15.2. The lowest BCUT2D eigenvalue weighted by Gasteiger charge is -2.09. The Kier molecular flexibility index (Phi) is 5.50. The maximum Gasteiger partial charge on any atom is 0.119 e. The molecule has 3 heteroatoms. The van der Waals surface area contributed by atoms with Gasteiger partial charge in [-0.1, -0.05) is 6.07 Å². The average molecular weight is 285 g/mol. The summed E-state index contributed by atoms with van der Waals surface area (Å²) in [5.41, 5.74) is 3.54. The third-order valence-electron chi connectivity index (χ3n) is 3.16. The van der Waals surface area contributed by atoms with Crippen LogP contribution in [0, 0.1) is 13.8 Å². The molecule has 0 aliphatic heterocycles. The molecule has 2 aromatic rings. The molecule has 0 aliphatic rings. The largest absolute Gasteiger partial charge is 0.493 e. The second-order valence-corrected chi connectivity index (χ2v) is 5.15. The van der Waals surface area contributed by atoms with E-state index >= 15 is 0 Å². The van der Waals surface area contributed by atoms with Crippen molar-refractivity contribution in [2.24, 2.45) is 0 Å². The highest BCUT2D eigenvalue weighted by Gasteiger charge is 1.98. The molecule has 0 unspecified atom stereocenters. The molecule has 21 heavy (non-hydrogen) atoms. The van der Waals surface area contributed by atoms with Gasteiger partial charge in [-0.2, -0.15) is 0 Å². The maximum atomic E-state index is 5.75. The summed E-state index contributed by atoms with van der Waals surface area (Å²) in [6.45, 7) is 5.48. The van der Waals surface area contributed by atoms with Crippen molar-refractivity contribution in [3.63, 3.8) is 0 Å². The number of benzene rings is 2. The van der Waals surface area contributed by atoms with Crippen LogP contribution in [-0.2, 0) is 0 Å². The summed E-state index contributed by atoms with van der Waals surface area (Å²) in [6, 6.07) is 14.2. The van der Waals surface area contributed by atoms with Gasteiger partial charge in [0.25, 0.3) is 0 Å². The van der Waals surface area contributed by atoms with Crippen LogP contribution in [0.1, 0.15) is 17.5 Å². The molecule has 112 valence electrons. The van der Waals surface area contributed by atoms with Gasteiger partial charge in [-0.3, -0.25) is 0 Å². The molecular formula is C18H23NO2. The second kappa shape index (κ2) is 7.58. The molecule has 0 heterocycles. The Morgan fingerprint density at radius 2 is 1.38 bits per heavy atom. The molecule has 2 rings (SSSR count). The average Bonchev–Trinajstić information content (AvgIpc) is 2.46. The first-order valence-corrected chi connectivity index (χ1v) is 7.29. The van der Waals surface area contributed by atoms with E-state index in [9.17, 15) is 0 Å². The van der Waals surface area contributed by atoms with Gasteiger partial charge in [0.1, 0.15) is 11.5 Å². The lowest BCUT2D eigenvalue weighted by atomic mass is 10.1. The van der Waals surface area contributed by atoms with E-state index < -0.39 is 0 Å². The van der Waals surface area contributed by atoms with Crippen molar-refractivity contribution < 1.29 is 9.47 Å². The van der Waals surface area contributed by atoms with Crippen LogP contribution in [0.4, 0.5) is 5.69 Å². The number of aryl methyl sites for hydroxylation is 2. The van der Waals surface area contributed by atoms with E-state index in [-0.39, 0.29) is 0 Å². The van der Waals surface area contributed by atoms with E-state index in [4.69, 9.17) is 9.47 Å². The minimum atomic E-state index is 0.656. The van der Waals surface area contributed by atoms with Crippen molar-refractivity contribution in [2.75, 3.05) is 25.6 Å². The summed E-state index contributed by atoms with van der Waals surface area (Å²) >= 11 is 0. The molecule has 0 aliphatic carbocycles. The van der Waals surface area contributed by atoms with E-state index in [0.717, 1.165) is 23.6 Å². The van der Waals surface area contributed by atoms with Crippen LogP contribution in [0.5, 0.6) is 11.5 Å². The smallest absolute Gasteiger partial charge is 0.119 e. The Morgan fingerprint density at radius 1 is 0.810 bits per heavy atom. The fourth-order valence-corrected chi connectivity index (χ4v) is 2.17. The van der Waals surface area contributed by atoms with Crippen LogP contribution in [0.3, 0.4) is 0 Å². The zero-order valence-electron chi connectivity index (χ0n) is 13.0. The lowest BCUT2D eigenvalue weighted by molar-refractivity contribution is 0.247. The number of anilines is 1. The van der Waals surface area contributed by atoms with Crippen LogP contribution in [0.2, 0.25) is 0 Å². The Labute approximate surface area is 126 Å². The van der Waals surface area contributed by atoms with E-state index in [0.29, 0.717) is 13.2 Å². The zero-order valence-corrected chi connectivity index (χ0v) is 13.0. The predicted molar refractivity (Wildman–Crippen MR) is 87.5 cm³/mol. The van der Waals surface area contributed by atoms with Crippen molar-refractivity contribution in [1.29, 1.82) is 0 Å². The van der Waals surface area contributed by atoms with Crippen LogP contribution >= 0.6 is 0 Å². The highest BCUT2D eigenvalue weighted by atomic mass is 16.5. The molecule has 3 nitrogen and oxygen atoms in total. The molecule has 1 N–H and O–H groups in total. The van der Waals surface area contributed by atoms with Crippen molar-refractivity contribution in [3.05, 3.63) is 53.6 Å². The van der Waals surface area contributed by atoms with Gasteiger partial charge in [0.05, 0.1) is 13.2 Å². The van der Waals surface area contributed by atoms with Gasteiger partial charge in [-0.05, 0) is 61.4 Å². The van der Waals surface area contributed by atoms with Gasteiger partial charge < -0.3 is 14.8 Å². The highest BCUT2D eigenvalue weighted by Crippen LogP contribution is 2.17. The van der Waals surface area contributed by atoms with Crippen LogP contribution in [0.25, 0.3) is 0 Å². The Balaban J connectivity index is 1.69. The summed E-state index contributed by atoms with van der Waals surface area (Å²) in [5.74, 6) is 1.83. The van der Waals surface area contributed by atoms with E-state index in [1.165, 1.54) is 11.1 Å². The molecule has 0 spiro atoms. The predicted octanol–water partition coefficient (Wildman–Crippen LogP) is 4.19. The fraction of sp³-hybridized carbons (Fsp3) is 0.333. The topological polar surface area (TPSA) is 30.5 Å². The second-order valence-electron chi connectivity index (χ2n) is 5.15. The van der Waals surface area contributed by atoms with E-state index in [2.05, 4.69) is 37.4 Å². The van der Waals surface area contributed by atoms with Crippen molar-refractivity contribution in [1.82, 2.24) is 0 Å². The minimum absolute atomic E-state index is 0.656. The first-order valence-electron chi connectivity index (χ1n) is 7.29. The minimum Gasteiger partial charge on any atom is -0.493 e. The summed E-state index contributed by atoms with van der Waals surface area (Å²) in [7, 11) is 1.90. The number of rotatable bonds is 7. The number of ether oxygens (including phenoxy) is 2. The van der Waals surface area contributed by atoms with Gasteiger partial charge in [0.2, 0.25) is 0 Å². The Morgan fingerprint density at radius 3 is 1.95 bits per heavy atom. The highest BCUT2D eigenvalue weighted by molar-refractivity contribution is 5.45. The molecule has 0 bridgehead atoms. The molecule has 0 amide bonds. The zero-order chi connectivity index (χ0) is 15.1. The molecule has 0 saturated heterocycles. The third-order valence-corrected chi connectivity index (χ3v) is 3.16. The van der Waals surface area contributed by atoms with Gasteiger partial charge in [-0.15, -0.1) is 0 Å². The first-order chi connectivity index (χ1) is 10.2. The number of hydrogen-bond acceptors (Lipinski definition) is 3. The van der Waals surface area contributed by atoms with Crippen LogP contribution in [0.15, 0.2) is 42.5 Å². The van der Waals surface area contributed by atoms with Gasteiger partial charge in [0, 0.05) is 19.2 Å². The van der Waals surface area contributed by atoms with E-state index in [1.54, 1.807) is 0 Å². The summed E-state index contributed by atoms with van der Waals surface area (Å²) in [4.78, 5) is 0. The molecule has 2 aromatic carbocycles. The third kappa shape index (κ3) is 5.03. The normalized spacial score (nSPS) is 10.2. The Bertz CT molecular complexity index is 544. The Hall–Kier alpha value is -2.16. The molecule has 0 atom stereocenters. The van der Waals surface area contributed by atoms with Crippen molar-refractivity contribution in [3.8, 4) is 11.5 Å². The molecule has 0 fully saturated rings. The molecular weight excluding hydrogens is 262 g/mol. The summed E-state index contributed by atoms with van der Waals surface area (Å²) in [6.07, 6.45) is 0.862. The van der Waals surface area contributed by atoms with E-state index in [1.807, 2.05) is 31.3 Å². The number of hydrogen-bond donors (Lipinski definition) is 1. The summed E-state index contributed by atoms with van der Waals surface area (Å²) < 4.78 is 11.4. The SMILES string of the molecule is CNc1ccc(OCCCOc2cc(C)cc(C)c2)cc1. The molecule has 0 saturated carbocycles.